The van der Waals surface area contributed by atoms with Gasteiger partial charge in [0.05, 0.1) is 0 Å². The van der Waals surface area contributed by atoms with E-state index in [4.69, 9.17) is 14.2 Å². The van der Waals surface area contributed by atoms with Gasteiger partial charge in [0.15, 0.2) is 6.10 Å². The molecule has 0 fully saturated rings. The van der Waals surface area contributed by atoms with Crippen LogP contribution in [0.5, 0.6) is 0 Å². The molecule has 0 aromatic heterocycles. The Labute approximate surface area is 416 Å². The van der Waals surface area contributed by atoms with Crippen molar-refractivity contribution in [3.05, 3.63) is 36.5 Å². The molecule has 0 saturated carbocycles. The molecule has 0 rings (SSSR count). The monoisotopic (exact) mass is 941 g/mol. The molecule has 0 aliphatic rings. The lowest BCUT2D eigenvalue weighted by atomic mass is 10.0. The van der Waals surface area contributed by atoms with Gasteiger partial charge in [-0.2, -0.15) is 0 Å². The Bertz CT molecular complexity index is 1130. The summed E-state index contributed by atoms with van der Waals surface area (Å²) in [7, 11) is 0. The van der Waals surface area contributed by atoms with Gasteiger partial charge in [-0.3, -0.25) is 14.4 Å². The van der Waals surface area contributed by atoms with Crippen molar-refractivity contribution >= 4 is 17.9 Å². The molecule has 6 nitrogen and oxygen atoms in total. The highest BCUT2D eigenvalue weighted by atomic mass is 16.6. The van der Waals surface area contributed by atoms with E-state index >= 15 is 0 Å². The number of rotatable bonds is 54. The number of carbonyl (C=O) groups is 3. The van der Waals surface area contributed by atoms with Gasteiger partial charge in [-0.25, -0.2) is 0 Å². The van der Waals surface area contributed by atoms with Crippen LogP contribution in [0.2, 0.25) is 0 Å². The molecule has 0 heterocycles. The quantitative estimate of drug-likeness (QED) is 0.0262. The van der Waals surface area contributed by atoms with E-state index in [1.54, 1.807) is 0 Å². The molecule has 0 N–H and O–H groups in total. The third-order valence-corrected chi connectivity index (χ3v) is 13.1. The summed E-state index contributed by atoms with van der Waals surface area (Å²) in [5, 5.41) is 0. The van der Waals surface area contributed by atoms with Gasteiger partial charge in [-0.05, 0) is 57.8 Å². The molecule has 0 saturated heterocycles. The van der Waals surface area contributed by atoms with Gasteiger partial charge in [0.1, 0.15) is 13.2 Å². The second kappa shape index (κ2) is 56.2. The summed E-state index contributed by atoms with van der Waals surface area (Å²) in [6.07, 6.45) is 67.0. The Kier molecular flexibility index (Phi) is 54.2. The van der Waals surface area contributed by atoms with Gasteiger partial charge in [-0.1, -0.05) is 276 Å². The maximum absolute atomic E-state index is 12.9. The van der Waals surface area contributed by atoms with Crippen LogP contribution >= 0.6 is 0 Å². The summed E-state index contributed by atoms with van der Waals surface area (Å²) in [6, 6.07) is 0. The van der Waals surface area contributed by atoms with E-state index in [1.165, 1.54) is 193 Å². The van der Waals surface area contributed by atoms with Crippen molar-refractivity contribution in [2.75, 3.05) is 13.2 Å². The van der Waals surface area contributed by atoms with Crippen LogP contribution in [0.4, 0.5) is 0 Å². The molecule has 0 spiro atoms. The summed E-state index contributed by atoms with van der Waals surface area (Å²) in [4.78, 5) is 38.2. The second-order valence-electron chi connectivity index (χ2n) is 19.9. The number of hydrogen-bond acceptors (Lipinski definition) is 6. The first-order valence-electron chi connectivity index (χ1n) is 29.5. The largest absolute Gasteiger partial charge is 0.462 e. The molecule has 0 aliphatic carbocycles. The fraction of sp³-hybridized carbons (Fsp3) is 0.852. The van der Waals surface area contributed by atoms with Crippen molar-refractivity contribution in [1.82, 2.24) is 0 Å². The highest BCUT2D eigenvalue weighted by Gasteiger charge is 2.19. The first-order chi connectivity index (χ1) is 33.0. The molecule has 0 aliphatic heterocycles. The summed E-state index contributed by atoms with van der Waals surface area (Å²) in [5.41, 5.74) is 0. The third kappa shape index (κ3) is 54.4. The molecule has 0 bridgehead atoms. The lowest BCUT2D eigenvalue weighted by Gasteiger charge is -2.18. The van der Waals surface area contributed by atoms with Gasteiger partial charge >= 0.3 is 17.9 Å². The van der Waals surface area contributed by atoms with Crippen molar-refractivity contribution < 1.29 is 28.6 Å². The Morgan fingerprint density at radius 3 is 0.866 bits per heavy atom. The lowest BCUT2D eigenvalue weighted by molar-refractivity contribution is -0.167. The van der Waals surface area contributed by atoms with Gasteiger partial charge in [0, 0.05) is 19.3 Å². The van der Waals surface area contributed by atoms with Crippen LogP contribution in [-0.4, -0.2) is 37.2 Å². The Morgan fingerprint density at radius 2 is 0.537 bits per heavy atom. The molecule has 0 unspecified atom stereocenters. The summed E-state index contributed by atoms with van der Waals surface area (Å²) >= 11 is 0. The number of esters is 3. The topological polar surface area (TPSA) is 78.9 Å². The van der Waals surface area contributed by atoms with E-state index in [-0.39, 0.29) is 31.1 Å². The highest BCUT2D eigenvalue weighted by Crippen LogP contribution is 2.17. The maximum atomic E-state index is 12.9. The van der Waals surface area contributed by atoms with E-state index in [0.29, 0.717) is 19.3 Å². The molecule has 0 aromatic carbocycles. The molecule has 392 valence electrons. The van der Waals surface area contributed by atoms with Gasteiger partial charge in [0.25, 0.3) is 0 Å². The van der Waals surface area contributed by atoms with Crippen LogP contribution in [0.25, 0.3) is 0 Å². The van der Waals surface area contributed by atoms with E-state index in [1.807, 2.05) is 0 Å². The number of unbranched alkanes of at least 4 members (excludes halogenated alkanes) is 37. The smallest absolute Gasteiger partial charge is 0.306 e. The minimum Gasteiger partial charge on any atom is -0.462 e. The third-order valence-electron chi connectivity index (χ3n) is 13.1. The van der Waals surface area contributed by atoms with Crippen molar-refractivity contribution in [3.63, 3.8) is 0 Å². The number of allylic oxidation sites excluding steroid dienone is 6. The number of ether oxygens (including phenoxy) is 3. The van der Waals surface area contributed by atoms with Crippen LogP contribution in [0, 0.1) is 0 Å². The standard InChI is InChI=1S/C61H112O6/c1-4-7-10-13-16-19-22-25-28-30-33-35-38-41-44-47-50-53-59(62)65-56-58(67-61(64)55-52-49-46-43-40-37-32-27-24-21-18-15-12-9-6-3)57-66-60(63)54-51-48-45-42-39-36-34-31-29-26-23-20-17-14-11-8-5-2/h16,19,25,28,33,35,58H,4-15,17-18,20-24,26-27,29-32,34,36-57H2,1-3H3/b19-16-,28-25-,35-33-/t58-/m1/s1. The van der Waals surface area contributed by atoms with Crippen LogP contribution < -0.4 is 0 Å². The minimum absolute atomic E-state index is 0.0743. The Balaban J connectivity index is 4.36. The molecule has 1 atom stereocenters. The molecule has 0 aromatic rings. The van der Waals surface area contributed by atoms with E-state index in [9.17, 15) is 14.4 Å². The maximum Gasteiger partial charge on any atom is 0.306 e. The average Bonchev–Trinajstić information content (AvgIpc) is 3.33. The fourth-order valence-electron chi connectivity index (χ4n) is 8.69. The van der Waals surface area contributed by atoms with Crippen LogP contribution in [-0.2, 0) is 28.6 Å². The summed E-state index contributed by atoms with van der Waals surface area (Å²) in [5.74, 6) is -0.876. The number of carbonyl (C=O) groups excluding carboxylic acids is 3. The van der Waals surface area contributed by atoms with E-state index in [2.05, 4.69) is 57.2 Å². The Hall–Kier alpha value is -2.37. The Morgan fingerprint density at radius 1 is 0.299 bits per heavy atom. The summed E-state index contributed by atoms with van der Waals surface area (Å²) in [6.45, 7) is 6.64. The van der Waals surface area contributed by atoms with Gasteiger partial charge < -0.3 is 14.2 Å². The van der Waals surface area contributed by atoms with Gasteiger partial charge in [-0.15, -0.1) is 0 Å². The molecular weight excluding hydrogens is 829 g/mol. The lowest BCUT2D eigenvalue weighted by Crippen LogP contribution is -2.30. The zero-order chi connectivity index (χ0) is 48.6. The van der Waals surface area contributed by atoms with Crippen molar-refractivity contribution in [3.8, 4) is 0 Å². The van der Waals surface area contributed by atoms with E-state index < -0.39 is 6.10 Å². The molecule has 6 heteroatoms. The fourth-order valence-corrected chi connectivity index (χ4v) is 8.69. The summed E-state index contributed by atoms with van der Waals surface area (Å²) < 4.78 is 16.9. The first-order valence-corrected chi connectivity index (χ1v) is 29.5. The van der Waals surface area contributed by atoms with Crippen LogP contribution in [0.15, 0.2) is 36.5 Å². The number of hydrogen-bond donors (Lipinski definition) is 0. The molecule has 0 amide bonds. The van der Waals surface area contributed by atoms with Crippen LogP contribution in [0.3, 0.4) is 0 Å². The highest BCUT2D eigenvalue weighted by molar-refractivity contribution is 5.71. The zero-order valence-corrected chi connectivity index (χ0v) is 44.9. The minimum atomic E-state index is -0.777. The van der Waals surface area contributed by atoms with Crippen molar-refractivity contribution in [2.45, 2.75) is 322 Å². The van der Waals surface area contributed by atoms with Crippen LogP contribution in [0.1, 0.15) is 316 Å². The SMILES string of the molecule is CCCCC/C=C\C/C=C\C/C=C\CCCCCCC(=O)OC[C@H](COC(=O)CCCCCCCCCCCCCCCCCCC)OC(=O)CCCCCCCCCCCCCCCCC. The predicted molar refractivity (Wildman–Crippen MR) is 289 cm³/mol. The average molecular weight is 942 g/mol. The second-order valence-corrected chi connectivity index (χ2v) is 19.9. The zero-order valence-electron chi connectivity index (χ0n) is 44.9. The molecule has 67 heavy (non-hydrogen) atoms. The van der Waals surface area contributed by atoms with E-state index in [0.717, 1.165) is 83.5 Å². The van der Waals surface area contributed by atoms with Crippen molar-refractivity contribution in [2.24, 2.45) is 0 Å². The molecule has 0 radical (unpaired) electrons. The normalized spacial score (nSPS) is 12.2. The molecular formula is C61H112O6. The van der Waals surface area contributed by atoms with Gasteiger partial charge in [0.2, 0.25) is 0 Å². The van der Waals surface area contributed by atoms with Crippen molar-refractivity contribution in [1.29, 1.82) is 0 Å². The first kappa shape index (κ1) is 64.6. The predicted octanol–water partition coefficient (Wildman–Crippen LogP) is 19.7.